The Bertz CT molecular complexity index is 397. The van der Waals surface area contributed by atoms with Crippen molar-refractivity contribution in [2.24, 2.45) is 7.05 Å². The van der Waals surface area contributed by atoms with Gasteiger partial charge in [-0.1, -0.05) is 0 Å². The Hall–Kier alpha value is -2.05. The first-order valence-electron chi connectivity index (χ1n) is 3.40. The Morgan fingerprint density at radius 3 is 2.69 bits per heavy atom. The van der Waals surface area contributed by atoms with Crippen LogP contribution in [-0.4, -0.2) is 16.0 Å². The smallest absolute Gasteiger partial charge is 0.280 e. The van der Waals surface area contributed by atoms with Crippen LogP contribution in [0, 0.1) is 0 Å². The van der Waals surface area contributed by atoms with Crippen LogP contribution in [0.3, 0.4) is 0 Å². The summed E-state index contributed by atoms with van der Waals surface area (Å²) in [6.07, 6.45) is 0.352. The lowest BCUT2D eigenvalue weighted by Gasteiger charge is -2.06. The maximum Gasteiger partial charge on any atom is 0.280 e. The van der Waals surface area contributed by atoms with Gasteiger partial charge in [0.2, 0.25) is 12.4 Å². The van der Waals surface area contributed by atoms with E-state index in [1.165, 1.54) is 7.05 Å². The maximum atomic E-state index is 11.3. The van der Waals surface area contributed by atoms with Crippen molar-refractivity contribution in [3.05, 3.63) is 10.4 Å². The van der Waals surface area contributed by atoms with Crippen LogP contribution in [0.25, 0.3) is 0 Å². The van der Waals surface area contributed by atoms with E-state index in [9.17, 15) is 9.59 Å². The highest BCUT2D eigenvalue weighted by Crippen LogP contribution is 2.09. The molecule has 13 heavy (non-hydrogen) atoms. The first-order chi connectivity index (χ1) is 6.07. The van der Waals surface area contributed by atoms with Crippen molar-refractivity contribution >= 4 is 23.9 Å². The fourth-order valence-electron chi connectivity index (χ4n) is 0.830. The largest absolute Gasteiger partial charge is 0.382 e. The molecule has 0 aliphatic heterocycles. The van der Waals surface area contributed by atoms with Crippen LogP contribution in [0.2, 0.25) is 0 Å². The summed E-state index contributed by atoms with van der Waals surface area (Å²) in [6.45, 7) is 0. The van der Waals surface area contributed by atoms with E-state index in [0.717, 1.165) is 4.57 Å². The molecule has 0 unspecified atom stereocenters. The molecule has 0 aliphatic carbocycles. The molecule has 70 valence electrons. The van der Waals surface area contributed by atoms with Crippen LogP contribution in [0.4, 0.5) is 17.5 Å². The molecule has 0 atom stereocenters. The molecule has 5 N–H and O–H groups in total. The van der Waals surface area contributed by atoms with Crippen molar-refractivity contribution in [2.75, 3.05) is 16.8 Å². The minimum atomic E-state index is -0.489. The summed E-state index contributed by atoms with van der Waals surface area (Å²) >= 11 is 0. The highest BCUT2D eigenvalue weighted by Gasteiger charge is 2.09. The summed E-state index contributed by atoms with van der Waals surface area (Å²) in [5, 5.41) is 2.16. The Morgan fingerprint density at radius 2 is 2.15 bits per heavy atom. The van der Waals surface area contributed by atoms with Crippen LogP contribution in [0.15, 0.2) is 4.79 Å². The molecule has 7 nitrogen and oxygen atoms in total. The van der Waals surface area contributed by atoms with Crippen molar-refractivity contribution in [1.29, 1.82) is 0 Å². The van der Waals surface area contributed by atoms with Gasteiger partial charge >= 0.3 is 0 Å². The van der Waals surface area contributed by atoms with Crippen LogP contribution >= 0.6 is 0 Å². The fraction of sp³-hybridized carbons (Fsp3) is 0.167. The molecule has 1 rings (SSSR count). The molecule has 0 aliphatic rings. The molecule has 0 saturated heterocycles. The van der Waals surface area contributed by atoms with Gasteiger partial charge in [0, 0.05) is 7.05 Å². The molecule has 0 radical (unpaired) electrons. The van der Waals surface area contributed by atoms with Gasteiger partial charge in [-0.25, -0.2) is 0 Å². The number of rotatable bonds is 2. The van der Waals surface area contributed by atoms with Gasteiger partial charge in [-0.2, -0.15) is 4.98 Å². The lowest BCUT2D eigenvalue weighted by Crippen LogP contribution is -2.26. The second-order valence-corrected chi connectivity index (χ2v) is 2.36. The molecule has 1 aromatic heterocycles. The Balaban J connectivity index is 3.43. The number of hydrogen-bond donors (Lipinski definition) is 3. The Kier molecular flexibility index (Phi) is 2.18. The molecule has 0 spiro atoms. The van der Waals surface area contributed by atoms with E-state index in [4.69, 9.17) is 11.5 Å². The van der Waals surface area contributed by atoms with E-state index in [1.807, 2.05) is 0 Å². The molecule has 1 amide bonds. The van der Waals surface area contributed by atoms with Crippen molar-refractivity contribution < 1.29 is 4.79 Å². The molecule has 1 aromatic rings. The Labute approximate surface area is 73.4 Å². The van der Waals surface area contributed by atoms with Crippen molar-refractivity contribution in [3.8, 4) is 0 Å². The summed E-state index contributed by atoms with van der Waals surface area (Å²) in [6, 6.07) is 0. The minimum Gasteiger partial charge on any atom is -0.382 e. The van der Waals surface area contributed by atoms with Crippen LogP contribution in [-0.2, 0) is 11.8 Å². The van der Waals surface area contributed by atoms with E-state index in [1.54, 1.807) is 0 Å². The van der Waals surface area contributed by atoms with E-state index in [0.29, 0.717) is 6.41 Å². The van der Waals surface area contributed by atoms with Gasteiger partial charge in [0.15, 0.2) is 5.82 Å². The normalized spacial score (nSPS) is 9.62. The van der Waals surface area contributed by atoms with Gasteiger partial charge in [-0.05, 0) is 0 Å². The molecule has 0 saturated carbocycles. The van der Waals surface area contributed by atoms with E-state index in [-0.39, 0.29) is 17.5 Å². The number of nitrogens with one attached hydrogen (secondary N) is 1. The first-order valence-corrected chi connectivity index (χ1v) is 3.40. The zero-order valence-corrected chi connectivity index (χ0v) is 6.94. The molecule has 0 fully saturated rings. The molecular weight excluding hydrogens is 174 g/mol. The second kappa shape index (κ2) is 3.13. The summed E-state index contributed by atoms with van der Waals surface area (Å²) in [5.41, 5.74) is 10.1. The fourth-order valence-corrected chi connectivity index (χ4v) is 0.830. The number of aromatic nitrogens is 2. The maximum absolute atomic E-state index is 11.3. The van der Waals surface area contributed by atoms with Crippen molar-refractivity contribution in [1.82, 2.24) is 9.55 Å². The summed E-state index contributed by atoms with van der Waals surface area (Å²) in [4.78, 5) is 25.1. The molecule has 0 bridgehead atoms. The molecule has 0 aromatic carbocycles. The number of amides is 1. The summed E-state index contributed by atoms with van der Waals surface area (Å²) in [5.74, 6) is -0.0911. The van der Waals surface area contributed by atoms with Crippen LogP contribution in [0.5, 0.6) is 0 Å². The Morgan fingerprint density at radius 1 is 1.54 bits per heavy atom. The van der Waals surface area contributed by atoms with Gasteiger partial charge in [0.25, 0.3) is 5.56 Å². The zero-order valence-electron chi connectivity index (χ0n) is 6.94. The number of carbonyl (C=O) groups is 1. The molecule has 7 heteroatoms. The van der Waals surface area contributed by atoms with E-state index in [2.05, 4.69) is 10.3 Å². The number of carbonyl (C=O) groups excluding carboxylic acids is 1. The second-order valence-electron chi connectivity index (χ2n) is 2.36. The topological polar surface area (TPSA) is 116 Å². The number of hydrogen-bond acceptors (Lipinski definition) is 5. The van der Waals surface area contributed by atoms with Crippen molar-refractivity contribution in [2.45, 2.75) is 0 Å². The number of nitrogens with two attached hydrogens (primary N) is 2. The number of nitrogens with zero attached hydrogens (tertiary/aromatic N) is 2. The average molecular weight is 183 g/mol. The van der Waals surface area contributed by atoms with Gasteiger partial charge in [-0.15, -0.1) is 0 Å². The molecular formula is C6H9N5O2. The zero-order chi connectivity index (χ0) is 10.0. The number of nitrogen functional groups attached to an aromatic ring is 2. The lowest BCUT2D eigenvalue weighted by atomic mass is 10.4. The quantitative estimate of drug-likeness (QED) is 0.483. The number of anilines is 3. The highest BCUT2D eigenvalue weighted by molar-refractivity contribution is 5.77. The third-order valence-corrected chi connectivity index (χ3v) is 1.56. The summed E-state index contributed by atoms with van der Waals surface area (Å²) in [7, 11) is 1.43. The van der Waals surface area contributed by atoms with Crippen LogP contribution < -0.4 is 22.3 Å². The highest BCUT2D eigenvalue weighted by atomic mass is 16.1. The van der Waals surface area contributed by atoms with Crippen molar-refractivity contribution in [3.63, 3.8) is 0 Å². The van der Waals surface area contributed by atoms with E-state index >= 15 is 0 Å². The molecule has 1 heterocycles. The third-order valence-electron chi connectivity index (χ3n) is 1.56. The first kappa shape index (κ1) is 9.04. The van der Waals surface area contributed by atoms with Gasteiger partial charge in [0.05, 0.1) is 0 Å². The predicted molar refractivity (Wildman–Crippen MR) is 48.0 cm³/mol. The SMILES string of the molecule is Cn1c(N)nc(N)c(NC=O)c1=O. The lowest BCUT2D eigenvalue weighted by molar-refractivity contribution is -0.105. The minimum absolute atomic E-state index is 0.000973. The van der Waals surface area contributed by atoms with Gasteiger partial charge < -0.3 is 16.8 Å². The predicted octanol–water partition coefficient (Wildman–Crippen LogP) is -1.49. The average Bonchev–Trinajstić information content (AvgIpc) is 2.09. The van der Waals surface area contributed by atoms with Gasteiger partial charge in [-0.3, -0.25) is 14.2 Å². The van der Waals surface area contributed by atoms with Crippen LogP contribution in [0.1, 0.15) is 0 Å². The van der Waals surface area contributed by atoms with Gasteiger partial charge in [0.1, 0.15) is 5.69 Å². The monoisotopic (exact) mass is 183 g/mol. The third kappa shape index (κ3) is 1.43. The summed E-state index contributed by atoms with van der Waals surface area (Å²) < 4.78 is 1.09. The standard InChI is InChI=1S/C6H9N5O2/c1-11-5(13)3(9-2-12)4(7)10-6(11)8/h2H,7H2,1H3,(H2,8,10)(H,9,12). The van der Waals surface area contributed by atoms with E-state index < -0.39 is 5.56 Å².